The minimum Gasteiger partial charge on any atom is -0.352 e. The molecule has 2 amide bonds. The summed E-state index contributed by atoms with van der Waals surface area (Å²) >= 11 is 0. The molecule has 3 N–H and O–H groups in total. The molecule has 0 aliphatic rings. The van der Waals surface area contributed by atoms with E-state index in [2.05, 4.69) is 15.4 Å². The predicted molar refractivity (Wildman–Crippen MR) is 104 cm³/mol. The summed E-state index contributed by atoms with van der Waals surface area (Å²) in [6, 6.07) is 12.5. The Labute approximate surface area is 159 Å². The highest BCUT2D eigenvalue weighted by Gasteiger charge is 2.15. The van der Waals surface area contributed by atoms with Gasteiger partial charge in [-0.3, -0.25) is 14.3 Å². The number of carbonyl (C=O) groups excluding carboxylic acids is 2. The lowest BCUT2D eigenvalue weighted by Gasteiger charge is -2.10. The van der Waals surface area contributed by atoms with Crippen molar-refractivity contribution in [3.8, 4) is 0 Å². The van der Waals surface area contributed by atoms with Gasteiger partial charge >= 0.3 is 0 Å². The topological polar surface area (TPSA) is 104 Å². The summed E-state index contributed by atoms with van der Waals surface area (Å²) in [6.07, 6.45) is 0. The molecule has 0 aliphatic carbocycles. The molecule has 2 aromatic carbocycles. The number of amides is 2. The average Bonchev–Trinajstić information content (AvgIpc) is 2.61. The standard InChI is InChI=1S/C19H23N3O4S/c1-13(2)21-18(23)12-20-19(24)15-6-10-17(11-7-15)27(25,26)22-16-8-4-14(3)5-9-16/h4-11,13,22H,12H2,1-3H3,(H,20,24)(H,21,23). The van der Waals surface area contributed by atoms with Crippen LogP contribution >= 0.6 is 0 Å². The van der Waals surface area contributed by atoms with Crippen molar-refractivity contribution in [3.63, 3.8) is 0 Å². The zero-order chi connectivity index (χ0) is 20.0. The molecule has 0 saturated heterocycles. The molecule has 0 aliphatic heterocycles. The van der Waals surface area contributed by atoms with Crippen LogP contribution in [0.25, 0.3) is 0 Å². The smallest absolute Gasteiger partial charge is 0.261 e. The summed E-state index contributed by atoms with van der Waals surface area (Å²) in [4.78, 5) is 23.7. The minimum atomic E-state index is -3.75. The number of aryl methyl sites for hydroxylation is 1. The van der Waals surface area contributed by atoms with E-state index in [1.165, 1.54) is 24.3 Å². The van der Waals surface area contributed by atoms with Crippen LogP contribution in [0.15, 0.2) is 53.4 Å². The molecule has 0 atom stereocenters. The van der Waals surface area contributed by atoms with Crippen LogP contribution in [0.2, 0.25) is 0 Å². The zero-order valence-corrected chi connectivity index (χ0v) is 16.3. The largest absolute Gasteiger partial charge is 0.352 e. The molecular formula is C19H23N3O4S. The second-order valence-electron chi connectivity index (χ2n) is 6.40. The molecule has 0 fully saturated rings. The number of sulfonamides is 1. The number of hydrogen-bond donors (Lipinski definition) is 3. The monoisotopic (exact) mass is 389 g/mol. The van der Waals surface area contributed by atoms with Gasteiger partial charge in [0.2, 0.25) is 5.91 Å². The third kappa shape index (κ3) is 6.10. The van der Waals surface area contributed by atoms with Crippen molar-refractivity contribution in [2.75, 3.05) is 11.3 Å². The fraction of sp³-hybridized carbons (Fsp3) is 0.263. The number of carbonyl (C=O) groups is 2. The lowest BCUT2D eigenvalue weighted by atomic mass is 10.2. The highest BCUT2D eigenvalue weighted by Crippen LogP contribution is 2.17. The maximum Gasteiger partial charge on any atom is 0.261 e. The highest BCUT2D eigenvalue weighted by molar-refractivity contribution is 7.92. The third-order valence-electron chi connectivity index (χ3n) is 3.59. The van der Waals surface area contributed by atoms with E-state index < -0.39 is 15.9 Å². The van der Waals surface area contributed by atoms with Crippen LogP contribution in [0.5, 0.6) is 0 Å². The first-order valence-corrected chi connectivity index (χ1v) is 9.93. The highest BCUT2D eigenvalue weighted by atomic mass is 32.2. The van der Waals surface area contributed by atoms with Crippen molar-refractivity contribution in [2.45, 2.75) is 31.7 Å². The van der Waals surface area contributed by atoms with Crippen LogP contribution < -0.4 is 15.4 Å². The van der Waals surface area contributed by atoms with Crippen LogP contribution in [-0.4, -0.2) is 32.8 Å². The Morgan fingerprint density at radius 2 is 1.56 bits per heavy atom. The summed E-state index contributed by atoms with van der Waals surface area (Å²) in [5.41, 5.74) is 1.75. The summed E-state index contributed by atoms with van der Waals surface area (Å²) in [5.74, 6) is -0.746. The average molecular weight is 389 g/mol. The van der Waals surface area contributed by atoms with Crippen molar-refractivity contribution in [1.82, 2.24) is 10.6 Å². The van der Waals surface area contributed by atoms with E-state index in [1.54, 1.807) is 24.3 Å². The molecule has 0 bridgehead atoms. The van der Waals surface area contributed by atoms with E-state index in [4.69, 9.17) is 0 Å². The van der Waals surface area contributed by atoms with E-state index in [9.17, 15) is 18.0 Å². The Morgan fingerprint density at radius 1 is 0.963 bits per heavy atom. The first-order chi connectivity index (χ1) is 12.7. The van der Waals surface area contributed by atoms with Gasteiger partial charge in [0.15, 0.2) is 0 Å². The van der Waals surface area contributed by atoms with E-state index in [0.717, 1.165) is 5.56 Å². The van der Waals surface area contributed by atoms with Crippen molar-refractivity contribution >= 4 is 27.5 Å². The summed E-state index contributed by atoms with van der Waals surface area (Å²) < 4.78 is 27.3. The van der Waals surface area contributed by atoms with Crippen LogP contribution in [0, 0.1) is 6.92 Å². The first kappa shape index (κ1) is 20.4. The second kappa shape index (κ2) is 8.68. The van der Waals surface area contributed by atoms with Gasteiger partial charge in [-0.2, -0.15) is 0 Å². The Bertz CT molecular complexity index is 905. The van der Waals surface area contributed by atoms with E-state index in [1.807, 2.05) is 20.8 Å². The van der Waals surface area contributed by atoms with Crippen LogP contribution in [-0.2, 0) is 14.8 Å². The van der Waals surface area contributed by atoms with E-state index >= 15 is 0 Å². The Morgan fingerprint density at radius 3 is 2.11 bits per heavy atom. The van der Waals surface area contributed by atoms with E-state index in [0.29, 0.717) is 5.69 Å². The number of rotatable bonds is 7. The van der Waals surface area contributed by atoms with Crippen molar-refractivity contribution in [3.05, 3.63) is 59.7 Å². The number of hydrogen-bond acceptors (Lipinski definition) is 4. The minimum absolute atomic E-state index is 0.0140. The van der Waals surface area contributed by atoms with Gasteiger partial charge in [-0.15, -0.1) is 0 Å². The maximum atomic E-state index is 12.4. The molecule has 0 spiro atoms. The molecule has 2 rings (SSSR count). The Balaban J connectivity index is 2.01. The van der Waals surface area contributed by atoms with Gasteiger partial charge < -0.3 is 10.6 Å². The van der Waals surface area contributed by atoms with Crippen LogP contribution in [0.1, 0.15) is 29.8 Å². The molecule has 0 heterocycles. The zero-order valence-electron chi connectivity index (χ0n) is 15.4. The molecule has 144 valence electrons. The van der Waals surface area contributed by atoms with Crippen LogP contribution in [0.4, 0.5) is 5.69 Å². The Hall–Kier alpha value is -2.87. The lowest BCUT2D eigenvalue weighted by Crippen LogP contribution is -2.39. The normalized spacial score (nSPS) is 11.1. The lowest BCUT2D eigenvalue weighted by molar-refractivity contribution is -0.120. The summed E-state index contributed by atoms with van der Waals surface area (Å²) in [6.45, 7) is 5.41. The second-order valence-corrected chi connectivity index (χ2v) is 8.08. The molecule has 0 unspecified atom stereocenters. The van der Waals surface area contributed by atoms with Gasteiger partial charge in [0.1, 0.15) is 0 Å². The van der Waals surface area contributed by atoms with Gasteiger partial charge in [-0.1, -0.05) is 17.7 Å². The van der Waals surface area contributed by atoms with Gasteiger partial charge in [-0.05, 0) is 57.2 Å². The first-order valence-electron chi connectivity index (χ1n) is 8.44. The molecule has 2 aromatic rings. The number of nitrogens with one attached hydrogen (secondary N) is 3. The van der Waals surface area contributed by atoms with Crippen molar-refractivity contribution < 1.29 is 18.0 Å². The van der Waals surface area contributed by atoms with Crippen LogP contribution in [0.3, 0.4) is 0 Å². The molecular weight excluding hydrogens is 366 g/mol. The molecule has 27 heavy (non-hydrogen) atoms. The van der Waals surface area contributed by atoms with E-state index in [-0.39, 0.29) is 29.0 Å². The molecule has 7 nitrogen and oxygen atoms in total. The van der Waals surface area contributed by atoms with Gasteiger partial charge in [0.05, 0.1) is 11.4 Å². The molecule has 0 saturated carbocycles. The van der Waals surface area contributed by atoms with Crippen molar-refractivity contribution in [1.29, 1.82) is 0 Å². The number of benzene rings is 2. The SMILES string of the molecule is Cc1ccc(NS(=O)(=O)c2ccc(C(=O)NCC(=O)NC(C)C)cc2)cc1. The van der Waals surface area contributed by atoms with Gasteiger partial charge in [0, 0.05) is 17.3 Å². The summed E-state index contributed by atoms with van der Waals surface area (Å²) in [7, 11) is -3.75. The Kier molecular flexibility index (Phi) is 6.57. The molecule has 0 aromatic heterocycles. The third-order valence-corrected chi connectivity index (χ3v) is 4.99. The fourth-order valence-corrected chi connectivity index (χ4v) is 3.32. The fourth-order valence-electron chi connectivity index (χ4n) is 2.26. The number of anilines is 1. The summed E-state index contributed by atoms with van der Waals surface area (Å²) in [5, 5.41) is 5.16. The van der Waals surface area contributed by atoms with Gasteiger partial charge in [-0.25, -0.2) is 8.42 Å². The quantitative estimate of drug-likeness (QED) is 0.674. The molecule has 0 radical (unpaired) electrons. The van der Waals surface area contributed by atoms with Gasteiger partial charge in [0.25, 0.3) is 15.9 Å². The predicted octanol–water partition coefficient (Wildman–Crippen LogP) is 2.05. The maximum absolute atomic E-state index is 12.4. The van der Waals surface area contributed by atoms with Crippen molar-refractivity contribution in [2.24, 2.45) is 0 Å². The molecule has 8 heteroatoms.